The van der Waals surface area contributed by atoms with Crippen molar-refractivity contribution >= 4 is 29.8 Å². The highest BCUT2D eigenvalue weighted by molar-refractivity contribution is 6.30. The number of hydrogen-bond acceptors (Lipinski definition) is 1. The van der Waals surface area contributed by atoms with Crippen LogP contribution in [0.4, 0.5) is 0 Å². The third-order valence-corrected chi connectivity index (χ3v) is 1.94. The fourth-order valence-electron chi connectivity index (χ4n) is 1.09. The van der Waals surface area contributed by atoms with Crippen molar-refractivity contribution in [3.8, 4) is 0 Å². The maximum Gasteiger partial charge on any atom is 0.127 e. The Balaban J connectivity index is 0.00000169. The van der Waals surface area contributed by atoms with Crippen LogP contribution in [0.25, 0.3) is 0 Å². The van der Waals surface area contributed by atoms with Gasteiger partial charge in [0.2, 0.25) is 0 Å². The molecule has 1 N–H and O–H groups in total. The van der Waals surface area contributed by atoms with Gasteiger partial charge in [-0.1, -0.05) is 11.6 Å². The van der Waals surface area contributed by atoms with Crippen molar-refractivity contribution in [2.24, 2.45) is 4.99 Å². The van der Waals surface area contributed by atoms with Gasteiger partial charge in [0, 0.05) is 24.2 Å². The largest absolute Gasteiger partial charge is 0.370 e. The van der Waals surface area contributed by atoms with Crippen molar-refractivity contribution < 1.29 is 0 Å². The lowest BCUT2D eigenvalue weighted by Crippen LogP contribution is -2.23. The van der Waals surface area contributed by atoms with Gasteiger partial charge < -0.3 is 5.32 Å². The Morgan fingerprint density at radius 3 is 2.36 bits per heavy atom. The smallest absolute Gasteiger partial charge is 0.127 e. The molecule has 78 valence electrons. The number of amidine groups is 1. The number of benzene rings is 1. The van der Waals surface area contributed by atoms with Crippen molar-refractivity contribution in [3.05, 3.63) is 34.9 Å². The molecule has 0 bridgehead atoms. The van der Waals surface area contributed by atoms with E-state index < -0.39 is 0 Å². The molecule has 0 saturated heterocycles. The second kappa shape index (κ2) is 6.68. The first-order valence-electron chi connectivity index (χ1n) is 4.24. The molecule has 0 unspecified atom stereocenters. The minimum atomic E-state index is 0. The van der Waals surface area contributed by atoms with E-state index in [9.17, 15) is 0 Å². The topological polar surface area (TPSA) is 24.4 Å². The van der Waals surface area contributed by atoms with E-state index in [0.29, 0.717) is 0 Å². The highest BCUT2D eigenvalue weighted by Gasteiger charge is 1.99. The molecular formula is C10H14Cl2N2. The second-order valence-corrected chi connectivity index (χ2v) is 3.05. The summed E-state index contributed by atoms with van der Waals surface area (Å²) in [7, 11) is 1.77. The van der Waals surface area contributed by atoms with Crippen LogP contribution in [0.3, 0.4) is 0 Å². The molecule has 0 fully saturated rings. The highest BCUT2D eigenvalue weighted by atomic mass is 35.5. The zero-order valence-corrected chi connectivity index (χ0v) is 9.82. The molecule has 4 heteroatoms. The summed E-state index contributed by atoms with van der Waals surface area (Å²) in [6.45, 7) is 2.91. The molecule has 0 aromatic heterocycles. The van der Waals surface area contributed by atoms with Crippen molar-refractivity contribution in [3.63, 3.8) is 0 Å². The van der Waals surface area contributed by atoms with E-state index in [4.69, 9.17) is 11.6 Å². The summed E-state index contributed by atoms with van der Waals surface area (Å²) in [5.41, 5.74) is 1.06. The number of nitrogens with zero attached hydrogens (tertiary/aromatic N) is 1. The molecule has 2 nitrogen and oxygen atoms in total. The molecule has 0 aliphatic rings. The van der Waals surface area contributed by atoms with Gasteiger partial charge in [0.05, 0.1) is 0 Å². The number of nitrogens with one attached hydrogen (secondary N) is 1. The van der Waals surface area contributed by atoms with Crippen LogP contribution in [0.5, 0.6) is 0 Å². The molecular weight excluding hydrogens is 219 g/mol. The van der Waals surface area contributed by atoms with Crippen LogP contribution in [0, 0.1) is 0 Å². The molecule has 1 aromatic rings. The second-order valence-electron chi connectivity index (χ2n) is 2.61. The van der Waals surface area contributed by atoms with Crippen LogP contribution in [0.2, 0.25) is 5.02 Å². The van der Waals surface area contributed by atoms with E-state index in [0.717, 1.165) is 23.0 Å². The molecule has 14 heavy (non-hydrogen) atoms. The molecule has 0 aliphatic heterocycles. The SMILES string of the molecule is CCNC(=NC)c1ccc(Cl)cc1.Cl. The molecule has 0 saturated carbocycles. The van der Waals surface area contributed by atoms with Gasteiger partial charge in [0.15, 0.2) is 0 Å². The first kappa shape index (κ1) is 13.3. The predicted molar refractivity (Wildman–Crippen MR) is 64.8 cm³/mol. The summed E-state index contributed by atoms with van der Waals surface area (Å²) in [6, 6.07) is 7.62. The van der Waals surface area contributed by atoms with E-state index in [2.05, 4.69) is 10.3 Å². The fourth-order valence-corrected chi connectivity index (χ4v) is 1.21. The lowest BCUT2D eigenvalue weighted by Gasteiger charge is -2.06. The van der Waals surface area contributed by atoms with Gasteiger partial charge >= 0.3 is 0 Å². The number of hydrogen-bond donors (Lipinski definition) is 1. The van der Waals surface area contributed by atoms with Gasteiger partial charge in [-0.05, 0) is 31.2 Å². The van der Waals surface area contributed by atoms with Gasteiger partial charge in [-0.15, -0.1) is 12.4 Å². The zero-order valence-electron chi connectivity index (χ0n) is 8.25. The zero-order chi connectivity index (χ0) is 9.68. The Hall–Kier alpha value is -0.730. The van der Waals surface area contributed by atoms with E-state index in [-0.39, 0.29) is 12.4 Å². The average molecular weight is 233 g/mol. The van der Waals surface area contributed by atoms with Crippen LogP contribution in [0.1, 0.15) is 12.5 Å². The third-order valence-electron chi connectivity index (χ3n) is 1.69. The first-order chi connectivity index (χ1) is 6.27. The minimum absolute atomic E-state index is 0. The standard InChI is InChI=1S/C10H13ClN2.ClH/c1-3-13-10(12-2)8-4-6-9(11)7-5-8;/h4-7H,3H2,1-2H3,(H,12,13);1H. The van der Waals surface area contributed by atoms with Gasteiger partial charge in [-0.2, -0.15) is 0 Å². The van der Waals surface area contributed by atoms with E-state index in [1.807, 2.05) is 31.2 Å². The van der Waals surface area contributed by atoms with Gasteiger partial charge in [0.1, 0.15) is 5.84 Å². The van der Waals surface area contributed by atoms with Crippen molar-refractivity contribution in [1.82, 2.24) is 5.32 Å². The molecule has 0 atom stereocenters. The Morgan fingerprint density at radius 1 is 1.36 bits per heavy atom. The van der Waals surface area contributed by atoms with E-state index in [1.165, 1.54) is 0 Å². The Bertz CT molecular complexity index is 293. The van der Waals surface area contributed by atoms with Gasteiger partial charge in [0.25, 0.3) is 0 Å². The molecule has 0 heterocycles. The maximum absolute atomic E-state index is 5.78. The van der Waals surface area contributed by atoms with Crippen molar-refractivity contribution in [1.29, 1.82) is 0 Å². The average Bonchev–Trinajstić information content (AvgIpc) is 2.16. The Labute approximate surface area is 95.8 Å². The fraction of sp³-hybridized carbons (Fsp3) is 0.300. The summed E-state index contributed by atoms with van der Waals surface area (Å²) < 4.78 is 0. The van der Waals surface area contributed by atoms with Gasteiger partial charge in [-0.25, -0.2) is 0 Å². The highest BCUT2D eigenvalue weighted by Crippen LogP contribution is 2.09. The van der Waals surface area contributed by atoms with Crippen LogP contribution in [-0.2, 0) is 0 Å². The summed E-state index contributed by atoms with van der Waals surface area (Å²) in [4.78, 5) is 4.14. The number of aliphatic imine (C=N–C) groups is 1. The summed E-state index contributed by atoms with van der Waals surface area (Å²) >= 11 is 5.78. The molecule has 0 spiro atoms. The number of halogens is 2. The molecule has 0 amide bonds. The molecule has 0 aliphatic carbocycles. The summed E-state index contributed by atoms with van der Waals surface area (Å²) in [5.74, 6) is 0.902. The maximum atomic E-state index is 5.78. The molecule has 1 rings (SSSR count). The monoisotopic (exact) mass is 232 g/mol. The van der Waals surface area contributed by atoms with Crippen LogP contribution in [-0.4, -0.2) is 19.4 Å². The van der Waals surface area contributed by atoms with E-state index >= 15 is 0 Å². The normalized spacial score (nSPS) is 10.6. The van der Waals surface area contributed by atoms with Gasteiger partial charge in [-0.3, -0.25) is 4.99 Å². The van der Waals surface area contributed by atoms with Crippen LogP contribution >= 0.6 is 24.0 Å². The molecule has 0 radical (unpaired) electrons. The lowest BCUT2D eigenvalue weighted by molar-refractivity contribution is 0.962. The Kier molecular flexibility index (Phi) is 6.34. The molecule has 1 aromatic carbocycles. The van der Waals surface area contributed by atoms with Crippen molar-refractivity contribution in [2.45, 2.75) is 6.92 Å². The van der Waals surface area contributed by atoms with Crippen LogP contribution < -0.4 is 5.32 Å². The summed E-state index contributed by atoms with van der Waals surface area (Å²) in [6.07, 6.45) is 0. The summed E-state index contributed by atoms with van der Waals surface area (Å²) in [5, 5.41) is 3.92. The third kappa shape index (κ3) is 3.56. The Morgan fingerprint density at radius 2 is 1.93 bits per heavy atom. The first-order valence-corrected chi connectivity index (χ1v) is 4.62. The van der Waals surface area contributed by atoms with E-state index in [1.54, 1.807) is 7.05 Å². The van der Waals surface area contributed by atoms with Crippen molar-refractivity contribution in [2.75, 3.05) is 13.6 Å². The lowest BCUT2D eigenvalue weighted by atomic mass is 10.2. The minimum Gasteiger partial charge on any atom is -0.370 e. The predicted octanol–water partition coefficient (Wildman–Crippen LogP) is 2.75. The number of rotatable bonds is 2. The quantitative estimate of drug-likeness (QED) is 0.616. The van der Waals surface area contributed by atoms with Crippen LogP contribution in [0.15, 0.2) is 29.3 Å².